The fraction of sp³-hybridized carbons (Fsp3) is 0.474. The topological polar surface area (TPSA) is 65.8 Å². The molecule has 3 rings (SSSR count). The normalized spacial score (nSPS) is 17.7. The third-order valence-corrected chi connectivity index (χ3v) is 4.75. The van der Waals surface area contributed by atoms with E-state index in [1.54, 1.807) is 12.1 Å². The fourth-order valence-electron chi connectivity index (χ4n) is 3.00. The highest BCUT2D eigenvalue weighted by atomic mass is 35.5. The van der Waals surface area contributed by atoms with Gasteiger partial charge >= 0.3 is 5.97 Å². The number of carbonyl (C=O) groups excluding carboxylic acids is 1. The van der Waals surface area contributed by atoms with Gasteiger partial charge in [-0.1, -0.05) is 11.6 Å². The molecule has 0 N–H and O–H groups in total. The van der Waals surface area contributed by atoms with Crippen molar-refractivity contribution in [3.63, 3.8) is 0 Å². The Labute approximate surface area is 163 Å². The Hall–Kier alpha value is -2.09. The number of hydrogen-bond acceptors (Lipinski definition) is 6. The Morgan fingerprint density at radius 2 is 2.15 bits per heavy atom. The molecule has 0 saturated carbocycles. The lowest BCUT2D eigenvalue weighted by Gasteiger charge is -2.31. The number of aromatic nitrogens is 2. The van der Waals surface area contributed by atoms with Crippen LogP contribution in [0.1, 0.15) is 17.5 Å². The number of carbonyl (C=O) groups is 1. The van der Waals surface area contributed by atoms with E-state index < -0.39 is 0 Å². The molecule has 1 fully saturated rings. The third kappa shape index (κ3) is 5.45. The molecule has 146 valence electrons. The minimum atomic E-state index is -0.239. The maximum atomic E-state index is 11.5. The van der Waals surface area contributed by atoms with Gasteiger partial charge in [0.05, 0.1) is 32.6 Å². The smallest absolute Gasteiger partial charge is 0.319 e. The van der Waals surface area contributed by atoms with E-state index in [0.29, 0.717) is 31.3 Å². The monoisotopic (exact) mass is 393 g/mol. The van der Waals surface area contributed by atoms with Crippen LogP contribution in [0.4, 0.5) is 0 Å². The molecule has 1 aliphatic rings. The summed E-state index contributed by atoms with van der Waals surface area (Å²) in [6, 6.07) is 9.35. The number of hydrogen-bond donors (Lipinski definition) is 0. The number of nitrogens with zero attached hydrogens (tertiary/aromatic N) is 3. The summed E-state index contributed by atoms with van der Waals surface area (Å²) in [7, 11) is 3.31. The predicted molar refractivity (Wildman–Crippen MR) is 101 cm³/mol. The third-order valence-electron chi connectivity index (χ3n) is 4.50. The van der Waals surface area contributed by atoms with E-state index in [1.807, 2.05) is 34.8 Å². The number of esters is 1. The van der Waals surface area contributed by atoms with Gasteiger partial charge in [-0.3, -0.25) is 14.4 Å². The minimum Gasteiger partial charge on any atom is -0.493 e. The Balaban J connectivity index is 1.55. The minimum absolute atomic E-state index is 0.152. The van der Waals surface area contributed by atoms with Gasteiger partial charge in [-0.25, -0.2) is 0 Å². The van der Waals surface area contributed by atoms with Crippen molar-refractivity contribution in [1.29, 1.82) is 0 Å². The molecule has 1 saturated heterocycles. The van der Waals surface area contributed by atoms with Gasteiger partial charge in [0.15, 0.2) is 0 Å². The largest absolute Gasteiger partial charge is 0.493 e. The van der Waals surface area contributed by atoms with Gasteiger partial charge in [-0.05, 0) is 30.3 Å². The second-order valence-electron chi connectivity index (χ2n) is 6.41. The number of aryl methyl sites for hydroxylation is 1. The first-order chi connectivity index (χ1) is 13.0. The summed E-state index contributed by atoms with van der Waals surface area (Å²) < 4.78 is 18.2. The number of halogens is 1. The molecule has 2 heterocycles. The lowest BCUT2D eigenvalue weighted by Crippen LogP contribution is -2.41. The van der Waals surface area contributed by atoms with Crippen LogP contribution in [-0.2, 0) is 27.7 Å². The van der Waals surface area contributed by atoms with Gasteiger partial charge in [0, 0.05) is 37.3 Å². The van der Waals surface area contributed by atoms with Crippen molar-refractivity contribution in [3.05, 3.63) is 46.7 Å². The highest BCUT2D eigenvalue weighted by Crippen LogP contribution is 2.22. The summed E-state index contributed by atoms with van der Waals surface area (Å²) >= 11 is 5.88. The van der Waals surface area contributed by atoms with Crippen LogP contribution in [0.3, 0.4) is 0 Å². The van der Waals surface area contributed by atoms with Crippen LogP contribution >= 0.6 is 11.6 Å². The Morgan fingerprint density at radius 3 is 2.89 bits per heavy atom. The van der Waals surface area contributed by atoms with E-state index in [9.17, 15) is 4.79 Å². The summed E-state index contributed by atoms with van der Waals surface area (Å²) in [5.74, 6) is 0.549. The van der Waals surface area contributed by atoms with Crippen LogP contribution in [0.15, 0.2) is 30.3 Å². The highest BCUT2D eigenvalue weighted by Gasteiger charge is 2.26. The molecule has 1 aliphatic heterocycles. The van der Waals surface area contributed by atoms with Crippen molar-refractivity contribution in [2.24, 2.45) is 7.05 Å². The molecule has 0 spiro atoms. The summed E-state index contributed by atoms with van der Waals surface area (Å²) in [4.78, 5) is 13.5. The maximum absolute atomic E-state index is 11.5. The molecule has 2 aromatic rings. The summed E-state index contributed by atoms with van der Waals surface area (Å²) in [6.07, 6.45) is 0.575. The Kier molecular flexibility index (Phi) is 6.71. The molecule has 0 radical (unpaired) electrons. The number of rotatable bonds is 7. The van der Waals surface area contributed by atoms with Gasteiger partial charge in [0.25, 0.3) is 0 Å². The van der Waals surface area contributed by atoms with Crippen molar-refractivity contribution in [3.8, 4) is 5.75 Å². The number of benzene rings is 1. The van der Waals surface area contributed by atoms with Gasteiger partial charge in [-0.2, -0.15) is 5.10 Å². The van der Waals surface area contributed by atoms with Gasteiger partial charge in [0.2, 0.25) is 0 Å². The standard InChI is InChI=1S/C19H24ClN3O4/c1-22-15(7-9-26-16-5-3-14(20)4-6-16)11-17(21-22)18-12-23(8-10-27-18)13-19(24)25-2/h3-6,11,18H,7-10,12-13H2,1-2H3/t18-/m1/s1. The van der Waals surface area contributed by atoms with Crippen molar-refractivity contribution in [2.45, 2.75) is 12.5 Å². The maximum Gasteiger partial charge on any atom is 0.319 e. The highest BCUT2D eigenvalue weighted by molar-refractivity contribution is 6.30. The van der Waals surface area contributed by atoms with Gasteiger partial charge in [-0.15, -0.1) is 0 Å². The summed E-state index contributed by atoms with van der Waals surface area (Å²) in [6.45, 7) is 2.70. The number of morpholine rings is 1. The zero-order chi connectivity index (χ0) is 19.2. The van der Waals surface area contributed by atoms with Crippen molar-refractivity contribution >= 4 is 17.6 Å². The molecule has 7 nitrogen and oxygen atoms in total. The zero-order valence-corrected chi connectivity index (χ0v) is 16.3. The van der Waals surface area contributed by atoms with Crippen molar-refractivity contribution in [1.82, 2.24) is 14.7 Å². The number of ether oxygens (including phenoxy) is 3. The van der Waals surface area contributed by atoms with E-state index in [1.165, 1.54) is 7.11 Å². The van der Waals surface area contributed by atoms with Crippen molar-refractivity contribution in [2.75, 3.05) is 40.0 Å². The molecule has 27 heavy (non-hydrogen) atoms. The Morgan fingerprint density at radius 1 is 1.37 bits per heavy atom. The average molecular weight is 394 g/mol. The van der Waals surface area contributed by atoms with E-state index in [4.69, 9.17) is 25.8 Å². The van der Waals surface area contributed by atoms with Crippen molar-refractivity contribution < 1.29 is 19.0 Å². The SMILES string of the molecule is COC(=O)CN1CCO[C@@H](c2cc(CCOc3ccc(Cl)cc3)n(C)n2)C1. The molecule has 0 amide bonds. The van der Waals surface area contributed by atoms with Crippen LogP contribution in [0.25, 0.3) is 0 Å². The molecular weight excluding hydrogens is 370 g/mol. The Bertz CT molecular complexity index is 763. The first-order valence-corrected chi connectivity index (χ1v) is 9.25. The second kappa shape index (κ2) is 9.21. The van der Waals surface area contributed by atoms with E-state index in [-0.39, 0.29) is 18.6 Å². The quantitative estimate of drug-likeness (QED) is 0.672. The molecule has 1 aromatic heterocycles. The molecule has 1 aromatic carbocycles. The summed E-state index contributed by atoms with van der Waals surface area (Å²) in [5, 5.41) is 5.27. The lowest BCUT2D eigenvalue weighted by atomic mass is 10.2. The summed E-state index contributed by atoms with van der Waals surface area (Å²) in [5.41, 5.74) is 1.93. The van der Waals surface area contributed by atoms with Crippen LogP contribution in [0, 0.1) is 0 Å². The molecule has 0 bridgehead atoms. The molecule has 0 aliphatic carbocycles. The van der Waals surface area contributed by atoms with E-state index >= 15 is 0 Å². The first-order valence-electron chi connectivity index (χ1n) is 8.87. The average Bonchev–Trinajstić information content (AvgIpc) is 3.04. The van der Waals surface area contributed by atoms with Crippen LogP contribution in [0.5, 0.6) is 5.75 Å². The van der Waals surface area contributed by atoms with Crippen LogP contribution < -0.4 is 4.74 Å². The van der Waals surface area contributed by atoms with E-state index in [0.717, 1.165) is 23.6 Å². The second-order valence-corrected chi connectivity index (χ2v) is 6.84. The first kappa shape index (κ1) is 19.7. The molecule has 0 unspecified atom stereocenters. The van der Waals surface area contributed by atoms with Gasteiger partial charge in [0.1, 0.15) is 11.9 Å². The van der Waals surface area contributed by atoms with Crippen LogP contribution in [-0.4, -0.2) is 60.6 Å². The zero-order valence-electron chi connectivity index (χ0n) is 15.6. The molecule has 8 heteroatoms. The molecule has 1 atom stereocenters. The lowest BCUT2D eigenvalue weighted by molar-refractivity contribution is -0.144. The van der Waals surface area contributed by atoms with Gasteiger partial charge < -0.3 is 14.2 Å². The predicted octanol–water partition coefficient (Wildman–Crippen LogP) is 2.24. The molecular formula is C19H24ClN3O4. The van der Waals surface area contributed by atoms with Crippen LogP contribution in [0.2, 0.25) is 5.02 Å². The fourth-order valence-corrected chi connectivity index (χ4v) is 3.12. The van der Waals surface area contributed by atoms with E-state index in [2.05, 4.69) is 5.10 Å². The number of methoxy groups -OCH3 is 1.